The number of aromatic amines is 1. The van der Waals surface area contributed by atoms with Gasteiger partial charge in [-0.2, -0.15) is 0 Å². The Balaban J connectivity index is 1.35. The van der Waals surface area contributed by atoms with Gasteiger partial charge in [0, 0.05) is 35.7 Å². The van der Waals surface area contributed by atoms with Crippen LogP contribution in [0.3, 0.4) is 0 Å². The van der Waals surface area contributed by atoms with Crippen LogP contribution in [0.2, 0.25) is 0 Å². The van der Waals surface area contributed by atoms with Crippen molar-refractivity contribution in [3.8, 4) is 11.5 Å². The molecule has 4 heterocycles. The average molecular weight is 539 g/mol. The summed E-state index contributed by atoms with van der Waals surface area (Å²) in [5, 5.41) is 3.90. The molecule has 40 heavy (non-hydrogen) atoms. The van der Waals surface area contributed by atoms with Crippen molar-refractivity contribution in [2.75, 3.05) is 6.61 Å². The number of ether oxygens (including phenoxy) is 2. The van der Waals surface area contributed by atoms with E-state index in [0.717, 1.165) is 63.5 Å². The normalized spacial score (nSPS) is 15.8. The molecule has 7 rings (SSSR count). The molecule has 0 bridgehead atoms. The van der Waals surface area contributed by atoms with Gasteiger partial charge in [0.2, 0.25) is 0 Å². The number of H-pyrrole nitrogens is 1. The molecule has 0 atom stereocenters. The first-order chi connectivity index (χ1) is 19.5. The maximum atomic E-state index is 14.2. The minimum Gasteiger partial charge on any atom is -0.490 e. The number of nitrogens with one attached hydrogen (secondary N) is 1. The number of hydrogen-bond donors (Lipinski definition) is 1. The van der Waals surface area contributed by atoms with Crippen LogP contribution in [0, 0.1) is 5.82 Å². The Kier molecular flexibility index (Phi) is 5.80. The van der Waals surface area contributed by atoms with Crippen LogP contribution < -0.4 is 15.2 Å². The number of aromatic nitrogens is 4. The van der Waals surface area contributed by atoms with Gasteiger partial charge in [-0.3, -0.25) is 9.51 Å². The molecule has 0 unspecified atom stereocenters. The molecule has 1 fully saturated rings. The molecule has 5 aromatic rings. The van der Waals surface area contributed by atoms with Crippen molar-refractivity contribution in [3.63, 3.8) is 0 Å². The zero-order chi connectivity index (χ0) is 27.4. The van der Waals surface area contributed by atoms with Crippen molar-refractivity contribution in [3.05, 3.63) is 111 Å². The smallest absolute Gasteiger partial charge is 0.439 e. The summed E-state index contributed by atoms with van der Waals surface area (Å²) < 4.78 is 33.1. The van der Waals surface area contributed by atoms with E-state index in [1.807, 2.05) is 32.2 Å². The molecule has 0 radical (unpaired) electrons. The van der Waals surface area contributed by atoms with E-state index in [1.54, 1.807) is 6.07 Å². The summed E-state index contributed by atoms with van der Waals surface area (Å²) in [6.45, 7) is 4.68. The lowest BCUT2D eigenvalue weighted by Gasteiger charge is -2.14. The minimum absolute atomic E-state index is 0.267. The highest BCUT2D eigenvalue weighted by Crippen LogP contribution is 2.44. The fraction of sp³-hybridized carbons (Fsp3) is 0.258. The predicted molar refractivity (Wildman–Crippen MR) is 147 cm³/mol. The minimum atomic E-state index is -0.637. The molecule has 2 aliphatic rings. The Labute approximate surface area is 229 Å². The zero-order valence-electron chi connectivity index (χ0n) is 22.2. The lowest BCUT2D eigenvalue weighted by Crippen LogP contribution is -2.02. The molecule has 202 valence electrons. The Bertz CT molecular complexity index is 1860. The molecule has 0 saturated heterocycles. The van der Waals surface area contributed by atoms with Gasteiger partial charge in [0.15, 0.2) is 17.2 Å². The molecule has 1 aliphatic carbocycles. The molecule has 1 aliphatic heterocycles. The van der Waals surface area contributed by atoms with Crippen molar-refractivity contribution in [2.45, 2.75) is 45.6 Å². The summed E-state index contributed by atoms with van der Waals surface area (Å²) in [4.78, 5) is 19.4. The Morgan fingerprint density at radius 3 is 2.80 bits per heavy atom. The van der Waals surface area contributed by atoms with Gasteiger partial charge in [-0.25, -0.2) is 14.2 Å². The number of pyridine rings is 1. The van der Waals surface area contributed by atoms with Crippen molar-refractivity contribution in [1.29, 1.82) is 0 Å². The van der Waals surface area contributed by atoms with Gasteiger partial charge in [0.05, 0.1) is 18.0 Å². The number of rotatable bonds is 6. The van der Waals surface area contributed by atoms with Crippen molar-refractivity contribution in [1.82, 2.24) is 19.5 Å². The highest BCUT2D eigenvalue weighted by molar-refractivity contribution is 5.99. The third-order valence-electron chi connectivity index (χ3n) is 7.59. The second kappa shape index (κ2) is 9.51. The van der Waals surface area contributed by atoms with Crippen LogP contribution in [0.5, 0.6) is 11.5 Å². The molecule has 0 amide bonds. The quantitative estimate of drug-likeness (QED) is 0.290. The molecule has 1 saturated carbocycles. The van der Waals surface area contributed by atoms with Crippen molar-refractivity contribution < 1.29 is 18.4 Å². The van der Waals surface area contributed by atoms with Crippen LogP contribution in [0.1, 0.15) is 72.1 Å². The van der Waals surface area contributed by atoms with Gasteiger partial charge >= 0.3 is 5.76 Å². The van der Waals surface area contributed by atoms with Crippen LogP contribution in [-0.4, -0.2) is 26.1 Å². The van der Waals surface area contributed by atoms with Crippen LogP contribution in [0.4, 0.5) is 4.39 Å². The van der Waals surface area contributed by atoms with Crippen LogP contribution in [-0.2, 0) is 13.0 Å². The number of halogens is 1. The van der Waals surface area contributed by atoms with Gasteiger partial charge in [-0.1, -0.05) is 23.4 Å². The number of fused-ring (bicyclic) bond motifs is 3. The van der Waals surface area contributed by atoms with E-state index in [0.29, 0.717) is 36.1 Å². The van der Waals surface area contributed by atoms with E-state index in [4.69, 9.17) is 19.0 Å². The fourth-order valence-electron chi connectivity index (χ4n) is 5.59. The monoisotopic (exact) mass is 538 g/mol. The summed E-state index contributed by atoms with van der Waals surface area (Å²) in [6, 6.07) is 14.8. The molecule has 2 aromatic carbocycles. The summed E-state index contributed by atoms with van der Waals surface area (Å²) in [6.07, 6.45) is 5.02. The molecule has 1 N–H and O–H groups in total. The van der Waals surface area contributed by atoms with Gasteiger partial charge in [-0.05, 0) is 73.2 Å². The number of allylic oxidation sites excluding steroid dienone is 1. The van der Waals surface area contributed by atoms with Crippen LogP contribution in [0.25, 0.3) is 16.8 Å². The molecule has 3 aromatic heterocycles. The second-order valence-corrected chi connectivity index (χ2v) is 10.3. The average Bonchev–Trinajstić information content (AvgIpc) is 3.63. The topological polar surface area (TPSA) is 94.6 Å². The predicted octanol–water partition coefficient (Wildman–Crippen LogP) is 5.89. The highest BCUT2D eigenvalue weighted by atomic mass is 19.1. The Morgan fingerprint density at radius 2 is 2.02 bits per heavy atom. The molecular formula is C31H27FN4O4. The first-order valence-corrected chi connectivity index (χ1v) is 13.4. The lowest BCUT2D eigenvalue weighted by atomic mass is 9.89. The summed E-state index contributed by atoms with van der Waals surface area (Å²) in [7, 11) is 0. The third kappa shape index (κ3) is 4.18. The largest absolute Gasteiger partial charge is 0.490 e. The molecule has 9 heteroatoms. The maximum absolute atomic E-state index is 14.2. The third-order valence-corrected chi connectivity index (χ3v) is 7.59. The van der Waals surface area contributed by atoms with Gasteiger partial charge in [0.1, 0.15) is 18.2 Å². The fourth-order valence-corrected chi connectivity index (χ4v) is 5.59. The summed E-state index contributed by atoms with van der Waals surface area (Å²) in [5.41, 5.74) is 8.33. The van der Waals surface area contributed by atoms with Crippen molar-refractivity contribution in [2.24, 2.45) is 0 Å². The Morgan fingerprint density at radius 1 is 1.18 bits per heavy atom. The van der Waals surface area contributed by atoms with E-state index in [-0.39, 0.29) is 12.4 Å². The highest BCUT2D eigenvalue weighted by Gasteiger charge is 2.31. The van der Waals surface area contributed by atoms with E-state index < -0.39 is 5.76 Å². The van der Waals surface area contributed by atoms with E-state index >= 15 is 0 Å². The van der Waals surface area contributed by atoms with Crippen molar-refractivity contribution >= 4 is 16.8 Å². The van der Waals surface area contributed by atoms with Gasteiger partial charge in [0.25, 0.3) is 0 Å². The maximum Gasteiger partial charge on any atom is 0.439 e. The van der Waals surface area contributed by atoms with E-state index in [1.165, 1.54) is 12.1 Å². The van der Waals surface area contributed by atoms with Gasteiger partial charge < -0.3 is 13.9 Å². The molecule has 0 spiro atoms. The van der Waals surface area contributed by atoms with Gasteiger partial charge in [-0.15, -0.1) is 0 Å². The van der Waals surface area contributed by atoms with E-state index in [9.17, 15) is 9.18 Å². The number of benzene rings is 2. The number of imidazole rings is 1. The lowest BCUT2D eigenvalue weighted by molar-refractivity contribution is 0.305. The summed E-state index contributed by atoms with van der Waals surface area (Å²) in [5.74, 6) is 0.983. The standard InChI is InChI=1S/C31H27FN4O4/c1-3-38-25-5-4-12-36-24(28(19-7-8-19)33-30(25)36)14-18-6-10-22-20(13-18)16-39-26-15-21(32)9-11-23(26)27(22)17(2)29-34-31(37)40-35-29/h4-6,9-13,15,19H,3,7-8,14,16H2,1-2H3,(H,34,35,37)/b27-17+. The molecular weight excluding hydrogens is 511 g/mol. The number of nitrogens with zero attached hydrogens (tertiary/aromatic N) is 3. The first kappa shape index (κ1) is 24.4. The van der Waals surface area contributed by atoms with Crippen LogP contribution in [0.15, 0.2) is 64.0 Å². The summed E-state index contributed by atoms with van der Waals surface area (Å²) >= 11 is 0. The SMILES string of the molecule is CCOc1cccn2c(Cc3ccc4c(c3)COc3cc(F)ccc3/C4=C(\C)c3noc(=O)[nH]3)c(C3CC3)nc12. The number of hydrogen-bond acceptors (Lipinski definition) is 6. The second-order valence-electron chi connectivity index (χ2n) is 10.3. The first-order valence-electron chi connectivity index (χ1n) is 13.4. The zero-order valence-corrected chi connectivity index (χ0v) is 22.2. The molecule has 8 nitrogen and oxygen atoms in total. The van der Waals surface area contributed by atoms with Crippen LogP contribution >= 0.6 is 0 Å². The van der Waals surface area contributed by atoms with E-state index in [2.05, 4.69) is 32.7 Å². The Hall–Kier alpha value is -4.66.